The molecule has 9 rings (SSSR count). The van der Waals surface area contributed by atoms with Crippen molar-refractivity contribution in [2.24, 2.45) is 0 Å². The summed E-state index contributed by atoms with van der Waals surface area (Å²) in [5, 5.41) is 8.11. The SMILES string of the molecule is CN(C)C(SCc1ccc2c(c1)-c1nc-2nc2[n-]c(nc3nc(nc4[n-]c(n1)c1ccc(CSC(N(C)C)=[N+](C)C)cc41)-c1cc(CSC(N(C)C)=[N+](C)C)ccc1-3)c1cc(CSC(N(C)C)=[N+](C)C)ccc21)=[N+](C)C.[Cl-].[Cl-].[Cl-].[Cl-].[Cu+2]. The number of benzene rings is 4. The second-order valence-electron chi connectivity index (χ2n) is 20.4. The van der Waals surface area contributed by atoms with Crippen molar-refractivity contribution < 1.29 is 85.0 Å². The fourth-order valence-electron chi connectivity index (χ4n) is 9.44. The van der Waals surface area contributed by atoms with Gasteiger partial charge in [0.1, 0.15) is 0 Å². The summed E-state index contributed by atoms with van der Waals surface area (Å²) < 4.78 is 8.57. The zero-order valence-electron chi connectivity index (χ0n) is 48.4. The third-order valence-corrected chi connectivity index (χ3v) is 18.4. The standard InChI is InChI=1S/C56H68N16S4.4ClH.Cu/c1-65(2)53(66(3)4)73-29-33-17-21-37-41(25-33)49-58-45(37)57-46-38-22-18-34(30-74-54(67(5)6)68(7)8)26-42(38)50(59-46)61-48-40-24-20-36(32-76-56(71(13)14)72(15)16)28-44(40)52(63-48)64-51-43-27-35(19-23-39(43)47(60-49)62-51)31-75-55(69(9)10)70(11)12;;;;;/h17-28H,29-32H2,1-16H3;4*1H;/q+2;;;;;+2/p-4. The number of thioether (sulfide) groups is 4. The quantitative estimate of drug-likeness (QED) is 0.0632. The van der Waals surface area contributed by atoms with Crippen molar-refractivity contribution in [3.63, 3.8) is 0 Å². The second-order valence-corrected chi connectivity index (χ2v) is 24.2. The molecule has 81 heavy (non-hydrogen) atoms. The summed E-state index contributed by atoms with van der Waals surface area (Å²) in [6, 6.07) is 25.9. The van der Waals surface area contributed by atoms with Crippen LogP contribution in [0.3, 0.4) is 0 Å². The normalized spacial score (nSPS) is 10.9. The maximum Gasteiger partial charge on any atom is 2.00 e. The molecule has 435 valence electrons. The maximum absolute atomic E-state index is 5.42. The van der Waals surface area contributed by atoms with E-state index in [1.54, 1.807) is 47.0 Å². The Bertz CT molecular complexity index is 3750. The topological polar surface area (TPSA) is 131 Å². The Morgan fingerprint density at radius 2 is 0.593 bits per heavy atom. The van der Waals surface area contributed by atoms with E-state index in [0.717, 1.165) is 110 Å². The summed E-state index contributed by atoms with van der Waals surface area (Å²) in [4.78, 5) is 51.1. The molecule has 8 bridgehead atoms. The first-order chi connectivity index (χ1) is 36.2. The Kier molecular flexibility index (Phi) is 24.7. The van der Waals surface area contributed by atoms with Crippen molar-refractivity contribution in [3.05, 3.63) is 95.1 Å². The monoisotopic (exact) mass is 1300 g/mol. The molecule has 0 atom stereocenters. The summed E-state index contributed by atoms with van der Waals surface area (Å²) in [6.45, 7) is 0. The molecule has 4 aromatic carbocycles. The van der Waals surface area contributed by atoms with Gasteiger partial charge in [-0.15, -0.1) is 0 Å². The smallest absolute Gasteiger partial charge is 1.00 e. The molecule has 0 N–H and O–H groups in total. The van der Waals surface area contributed by atoms with Gasteiger partial charge in [0.15, 0.2) is 0 Å². The van der Waals surface area contributed by atoms with Crippen LogP contribution in [0.5, 0.6) is 0 Å². The molecule has 25 heteroatoms. The number of hydrogen-bond acceptors (Lipinski definition) is 10. The predicted octanol–water partition coefficient (Wildman–Crippen LogP) is -4.17. The van der Waals surface area contributed by atoms with Gasteiger partial charge >= 0.3 is 37.7 Å². The number of fused-ring (bicyclic) bond motifs is 20. The molecule has 2 aliphatic rings. The Morgan fingerprint density at radius 1 is 0.346 bits per heavy atom. The molecular weight excluding hydrogens is 1230 g/mol. The van der Waals surface area contributed by atoms with E-state index in [-0.39, 0.29) is 66.7 Å². The van der Waals surface area contributed by atoms with Gasteiger partial charge in [-0.05, 0) is 115 Å². The molecule has 0 fully saturated rings. The molecule has 5 heterocycles. The molecule has 2 aliphatic heterocycles. The zero-order chi connectivity index (χ0) is 54.3. The van der Waals surface area contributed by atoms with Crippen molar-refractivity contribution in [1.29, 1.82) is 0 Å². The number of hydrogen-bond donors (Lipinski definition) is 0. The van der Waals surface area contributed by atoms with Crippen molar-refractivity contribution in [2.75, 3.05) is 113 Å². The van der Waals surface area contributed by atoms with E-state index in [2.05, 4.69) is 223 Å². The number of nitrogens with zero attached hydrogens (tertiary/aromatic N) is 16. The van der Waals surface area contributed by atoms with Gasteiger partial charge in [-0.2, -0.15) is 0 Å². The van der Waals surface area contributed by atoms with Crippen LogP contribution < -0.4 is 59.6 Å². The van der Waals surface area contributed by atoms with Gasteiger partial charge in [0.25, 0.3) is 0 Å². The van der Waals surface area contributed by atoms with Crippen molar-refractivity contribution in [3.8, 4) is 45.6 Å². The summed E-state index contributed by atoms with van der Waals surface area (Å²) in [7, 11) is 33.2. The number of amidine groups is 4. The molecule has 0 unspecified atom stereocenters. The van der Waals surface area contributed by atoms with Crippen LogP contribution >= 0.6 is 47.0 Å². The number of aromatic nitrogens is 8. The third kappa shape index (κ3) is 15.1. The van der Waals surface area contributed by atoms with Gasteiger partial charge in [0.2, 0.25) is 0 Å². The Labute approximate surface area is 528 Å². The summed E-state index contributed by atoms with van der Waals surface area (Å²) in [6.07, 6.45) is 0. The number of halogens is 4. The van der Waals surface area contributed by atoms with Gasteiger partial charge in [0.05, 0.1) is 136 Å². The Morgan fingerprint density at radius 3 is 0.864 bits per heavy atom. The van der Waals surface area contributed by atoms with Gasteiger partial charge in [-0.1, -0.05) is 48.5 Å². The van der Waals surface area contributed by atoms with Gasteiger partial charge in [-0.25, -0.2) is 9.97 Å². The Hall–Kier alpha value is -4.80. The minimum Gasteiger partial charge on any atom is -1.00 e. The summed E-state index contributed by atoms with van der Waals surface area (Å²) in [5.41, 5.74) is 10.2. The molecule has 16 nitrogen and oxygen atoms in total. The zero-order valence-corrected chi connectivity index (χ0v) is 55.6. The molecule has 1 radical (unpaired) electrons. The van der Waals surface area contributed by atoms with Crippen LogP contribution in [0.25, 0.3) is 89.7 Å². The predicted molar refractivity (Wildman–Crippen MR) is 322 cm³/mol. The van der Waals surface area contributed by atoms with Crippen molar-refractivity contribution in [2.45, 2.75) is 23.0 Å². The van der Waals surface area contributed by atoms with Crippen LogP contribution in [-0.4, -0.2) is 201 Å². The summed E-state index contributed by atoms with van der Waals surface area (Å²) >= 11 is 7.13. The molecule has 3 aromatic heterocycles. The van der Waals surface area contributed by atoms with E-state index in [0.29, 0.717) is 45.9 Å². The second kappa shape index (κ2) is 29.1. The average molecular weight is 1300 g/mol. The summed E-state index contributed by atoms with van der Waals surface area (Å²) in [5.74, 6) is 5.09. The van der Waals surface area contributed by atoms with Gasteiger partial charge in [-0.3, -0.25) is 37.9 Å². The van der Waals surface area contributed by atoms with E-state index >= 15 is 0 Å². The van der Waals surface area contributed by atoms with Gasteiger partial charge in [0, 0.05) is 67.9 Å². The first kappa shape index (κ1) is 68.7. The fraction of sp³-hybridized carbons (Fsp3) is 0.357. The van der Waals surface area contributed by atoms with Crippen LogP contribution in [0.15, 0.2) is 72.8 Å². The minimum absolute atomic E-state index is 0. The molecule has 7 aromatic rings. The third-order valence-electron chi connectivity index (χ3n) is 12.5. The van der Waals surface area contributed by atoms with Crippen LogP contribution in [0, 0.1) is 0 Å². The molecule has 0 saturated carbocycles. The molecule has 0 aliphatic carbocycles. The number of rotatable bonds is 8. The van der Waals surface area contributed by atoms with E-state index < -0.39 is 0 Å². The van der Waals surface area contributed by atoms with E-state index in [1.807, 2.05) is 0 Å². The minimum atomic E-state index is 0. The van der Waals surface area contributed by atoms with Crippen molar-refractivity contribution in [1.82, 2.24) is 59.5 Å². The Balaban J connectivity index is 0.00000282. The first-order valence-electron chi connectivity index (χ1n) is 24.9. The maximum atomic E-state index is 5.42. The largest absolute Gasteiger partial charge is 2.00 e. The fourth-order valence-corrected chi connectivity index (χ4v) is 13.4. The molecular formula is C56H68Cl4CuN16S4. The van der Waals surface area contributed by atoms with Crippen LogP contribution in [0.2, 0.25) is 0 Å². The molecule has 0 amide bonds. The van der Waals surface area contributed by atoms with E-state index in [1.165, 1.54) is 0 Å². The van der Waals surface area contributed by atoms with Gasteiger partial charge < -0.3 is 79.5 Å². The van der Waals surface area contributed by atoms with Crippen LogP contribution in [0.1, 0.15) is 22.3 Å². The van der Waals surface area contributed by atoms with E-state index in [4.69, 9.17) is 39.9 Å². The van der Waals surface area contributed by atoms with Crippen molar-refractivity contribution >= 4 is 112 Å². The van der Waals surface area contributed by atoms with Crippen LogP contribution in [-0.2, 0) is 40.1 Å². The van der Waals surface area contributed by atoms with Crippen LogP contribution in [0.4, 0.5) is 0 Å². The average Bonchev–Trinajstić information content (AvgIpc) is 4.08. The molecule has 0 saturated heterocycles. The first-order valence-corrected chi connectivity index (χ1v) is 28.8. The van der Waals surface area contributed by atoms with E-state index in [9.17, 15) is 0 Å². The molecule has 0 spiro atoms.